The van der Waals surface area contributed by atoms with Crippen LogP contribution in [0.25, 0.3) is 0 Å². The first-order chi connectivity index (χ1) is 9.03. The molecule has 0 bridgehead atoms. The Morgan fingerprint density at radius 1 is 1.42 bits per heavy atom. The summed E-state index contributed by atoms with van der Waals surface area (Å²) in [6, 6.07) is 0.0810. The van der Waals surface area contributed by atoms with Crippen LogP contribution in [0.2, 0.25) is 0 Å². The Balaban J connectivity index is 1.59. The van der Waals surface area contributed by atoms with Gasteiger partial charge >= 0.3 is 0 Å². The van der Waals surface area contributed by atoms with Crippen LogP contribution in [0, 0.1) is 5.92 Å². The molecule has 3 rings (SSSR count). The van der Waals surface area contributed by atoms with Crippen molar-refractivity contribution >= 4 is 15.7 Å². The van der Waals surface area contributed by atoms with E-state index in [0.29, 0.717) is 6.42 Å². The highest BCUT2D eigenvalue weighted by atomic mass is 32.2. The van der Waals surface area contributed by atoms with Gasteiger partial charge in [-0.3, -0.25) is 4.79 Å². The number of hydrogen-bond acceptors (Lipinski definition) is 4. The van der Waals surface area contributed by atoms with E-state index in [9.17, 15) is 13.2 Å². The molecule has 2 aliphatic heterocycles. The number of carbonyl (C=O) groups excluding carboxylic acids is 1. The molecular formula is C12H17N3O3S. The molecule has 6 nitrogen and oxygen atoms in total. The fourth-order valence-electron chi connectivity index (χ4n) is 2.81. The second kappa shape index (κ2) is 4.63. The summed E-state index contributed by atoms with van der Waals surface area (Å²) in [6.45, 7) is 0.723. The van der Waals surface area contributed by atoms with E-state index in [4.69, 9.17) is 0 Å². The van der Waals surface area contributed by atoms with Crippen molar-refractivity contribution in [1.82, 2.24) is 14.9 Å². The number of hydrogen-bond donors (Lipinski definition) is 1. The van der Waals surface area contributed by atoms with E-state index in [2.05, 4.69) is 10.3 Å². The molecule has 1 amide bonds. The molecule has 104 valence electrons. The van der Waals surface area contributed by atoms with Crippen molar-refractivity contribution in [3.8, 4) is 0 Å². The molecular weight excluding hydrogens is 266 g/mol. The number of sulfone groups is 1. The van der Waals surface area contributed by atoms with Crippen LogP contribution in [0.3, 0.4) is 0 Å². The number of fused-ring (bicyclic) bond motifs is 1. The van der Waals surface area contributed by atoms with E-state index in [-0.39, 0.29) is 29.4 Å². The van der Waals surface area contributed by atoms with E-state index in [1.807, 2.05) is 10.8 Å². The van der Waals surface area contributed by atoms with Crippen LogP contribution in [0.4, 0.5) is 0 Å². The zero-order valence-corrected chi connectivity index (χ0v) is 11.4. The van der Waals surface area contributed by atoms with Gasteiger partial charge in [0, 0.05) is 31.4 Å². The number of amides is 1. The van der Waals surface area contributed by atoms with Gasteiger partial charge < -0.3 is 9.88 Å². The van der Waals surface area contributed by atoms with Crippen LogP contribution in [0.15, 0.2) is 12.4 Å². The molecule has 1 fully saturated rings. The lowest BCUT2D eigenvalue weighted by Crippen LogP contribution is -2.43. The summed E-state index contributed by atoms with van der Waals surface area (Å²) in [7, 11) is -3.00. The molecule has 0 saturated carbocycles. The highest BCUT2D eigenvalue weighted by Gasteiger charge is 2.34. The van der Waals surface area contributed by atoms with E-state index < -0.39 is 9.84 Å². The molecule has 0 aromatic carbocycles. The fourth-order valence-corrected chi connectivity index (χ4v) is 4.55. The topological polar surface area (TPSA) is 81.1 Å². The van der Waals surface area contributed by atoms with Gasteiger partial charge in [-0.1, -0.05) is 0 Å². The molecule has 2 aliphatic rings. The Kier molecular flexibility index (Phi) is 3.08. The third-order valence-electron chi connectivity index (χ3n) is 3.88. The maximum atomic E-state index is 12.1. The van der Waals surface area contributed by atoms with Crippen LogP contribution in [0.1, 0.15) is 18.7 Å². The minimum absolute atomic E-state index is 0.00186. The number of rotatable bonds is 2. The van der Waals surface area contributed by atoms with Crippen LogP contribution in [-0.2, 0) is 27.6 Å². The van der Waals surface area contributed by atoms with Crippen molar-refractivity contribution < 1.29 is 13.2 Å². The van der Waals surface area contributed by atoms with Crippen molar-refractivity contribution in [2.24, 2.45) is 5.92 Å². The quantitative estimate of drug-likeness (QED) is 0.811. The SMILES string of the molecule is O=C(N[C@@H]1CCc2nccn2C1)[C@H]1CCS(=O)(=O)C1. The van der Waals surface area contributed by atoms with Crippen molar-refractivity contribution in [3.05, 3.63) is 18.2 Å². The Morgan fingerprint density at radius 2 is 2.26 bits per heavy atom. The molecule has 0 spiro atoms. The minimum Gasteiger partial charge on any atom is -0.351 e. The van der Waals surface area contributed by atoms with Gasteiger partial charge in [0.05, 0.1) is 17.4 Å². The lowest BCUT2D eigenvalue weighted by atomic mass is 10.0. The fraction of sp³-hybridized carbons (Fsp3) is 0.667. The summed E-state index contributed by atoms with van der Waals surface area (Å²) in [4.78, 5) is 16.3. The smallest absolute Gasteiger partial charge is 0.224 e. The Bertz CT molecular complexity index is 593. The van der Waals surface area contributed by atoms with Crippen LogP contribution in [0.5, 0.6) is 0 Å². The molecule has 0 aliphatic carbocycles. The summed E-state index contributed by atoms with van der Waals surface area (Å²) in [5, 5.41) is 2.98. The molecule has 7 heteroatoms. The first-order valence-corrected chi connectivity index (χ1v) is 8.36. The minimum atomic E-state index is -3.00. The second-order valence-corrected chi connectivity index (χ2v) is 7.57. The van der Waals surface area contributed by atoms with E-state index in [0.717, 1.165) is 25.2 Å². The van der Waals surface area contributed by atoms with E-state index >= 15 is 0 Å². The predicted octanol–water partition coefficient (Wildman–Crippen LogP) is -0.251. The lowest BCUT2D eigenvalue weighted by Gasteiger charge is -2.25. The van der Waals surface area contributed by atoms with Gasteiger partial charge in [0.15, 0.2) is 9.84 Å². The van der Waals surface area contributed by atoms with Gasteiger partial charge in [-0.05, 0) is 12.8 Å². The second-order valence-electron chi connectivity index (χ2n) is 5.34. The summed E-state index contributed by atoms with van der Waals surface area (Å²) in [5.74, 6) is 0.710. The maximum Gasteiger partial charge on any atom is 0.224 e. The highest BCUT2D eigenvalue weighted by Crippen LogP contribution is 2.20. The first-order valence-electron chi connectivity index (χ1n) is 6.54. The van der Waals surface area contributed by atoms with Crippen LogP contribution < -0.4 is 5.32 Å². The molecule has 1 aromatic rings. The van der Waals surface area contributed by atoms with E-state index in [1.165, 1.54) is 0 Å². The standard InChI is InChI=1S/C12H17N3O3S/c16-12(9-3-6-19(17,18)8-9)14-10-1-2-11-13-4-5-15(11)7-10/h4-5,9-10H,1-3,6-8H2,(H,14,16)/t9-,10+/m0/s1. The highest BCUT2D eigenvalue weighted by molar-refractivity contribution is 7.91. The van der Waals surface area contributed by atoms with Crippen molar-refractivity contribution in [1.29, 1.82) is 0 Å². The van der Waals surface area contributed by atoms with Gasteiger partial charge in [-0.25, -0.2) is 13.4 Å². The Labute approximate surface area is 112 Å². The molecule has 0 radical (unpaired) electrons. The van der Waals surface area contributed by atoms with Gasteiger partial charge in [-0.15, -0.1) is 0 Å². The average molecular weight is 283 g/mol. The number of nitrogens with zero attached hydrogens (tertiary/aromatic N) is 2. The van der Waals surface area contributed by atoms with Gasteiger partial charge in [-0.2, -0.15) is 0 Å². The summed E-state index contributed by atoms with van der Waals surface area (Å²) < 4.78 is 24.8. The molecule has 19 heavy (non-hydrogen) atoms. The number of aromatic nitrogens is 2. The molecule has 0 unspecified atom stereocenters. The molecule has 1 aromatic heterocycles. The molecule has 2 atom stereocenters. The third-order valence-corrected chi connectivity index (χ3v) is 5.65. The zero-order chi connectivity index (χ0) is 13.5. The molecule has 1 saturated heterocycles. The predicted molar refractivity (Wildman–Crippen MR) is 69.2 cm³/mol. The monoisotopic (exact) mass is 283 g/mol. The van der Waals surface area contributed by atoms with Crippen molar-refractivity contribution in [2.45, 2.75) is 31.8 Å². The first kappa shape index (κ1) is 12.7. The van der Waals surface area contributed by atoms with Crippen molar-refractivity contribution in [3.63, 3.8) is 0 Å². The number of carbonyl (C=O) groups is 1. The van der Waals surface area contributed by atoms with Gasteiger partial charge in [0.2, 0.25) is 5.91 Å². The largest absolute Gasteiger partial charge is 0.351 e. The summed E-state index contributed by atoms with van der Waals surface area (Å²) >= 11 is 0. The lowest BCUT2D eigenvalue weighted by molar-refractivity contribution is -0.125. The number of aryl methyl sites for hydroxylation is 1. The normalized spacial score (nSPS) is 28.8. The Hall–Kier alpha value is -1.37. The third kappa shape index (κ3) is 2.65. The molecule has 3 heterocycles. The number of imidazole rings is 1. The Morgan fingerprint density at radius 3 is 3.00 bits per heavy atom. The number of nitrogens with one attached hydrogen (secondary N) is 1. The van der Waals surface area contributed by atoms with Gasteiger partial charge in [0.25, 0.3) is 0 Å². The van der Waals surface area contributed by atoms with Crippen molar-refractivity contribution in [2.75, 3.05) is 11.5 Å². The van der Waals surface area contributed by atoms with E-state index in [1.54, 1.807) is 6.20 Å². The van der Waals surface area contributed by atoms with Gasteiger partial charge in [0.1, 0.15) is 5.82 Å². The summed E-state index contributed by atoms with van der Waals surface area (Å²) in [6.07, 6.45) is 5.84. The molecule has 1 N–H and O–H groups in total. The van der Waals surface area contributed by atoms with Crippen LogP contribution in [-0.4, -0.2) is 41.4 Å². The zero-order valence-electron chi connectivity index (χ0n) is 10.6. The average Bonchev–Trinajstić information content (AvgIpc) is 2.94. The van der Waals surface area contributed by atoms with Crippen LogP contribution >= 0.6 is 0 Å². The maximum absolute atomic E-state index is 12.1. The summed E-state index contributed by atoms with van der Waals surface area (Å²) in [5.41, 5.74) is 0.